The van der Waals surface area contributed by atoms with E-state index in [1.807, 2.05) is 12.1 Å². The molecule has 0 bridgehead atoms. The van der Waals surface area contributed by atoms with Crippen LogP contribution >= 0.6 is 0 Å². The number of hydrogen-bond acceptors (Lipinski definition) is 6. The molecular weight excluding hydrogens is 516 g/mol. The number of likely N-dealkylation sites (N-methyl/N-ethyl adjacent to an activating group) is 2. The standard InChI is InChI=1S/C33H32N4O4/c1-31(2)27(38)21-7-5-17-15-33(16-18-6-8-22(28(31)39)26(21)25(17)18)34-29(40)32(30(41)35-33)13-19-11-23-24(12-20(19)14-32)37(4)10-9-36(23)3/h5-8,11-12H,9-10,13-16H2,1-4H3,(H,34,40)(H,35,41). The minimum Gasteiger partial charge on any atom is -0.371 e. The maximum Gasteiger partial charge on any atom is 0.238 e. The third-order valence-corrected chi connectivity index (χ3v) is 10.4. The zero-order valence-electron chi connectivity index (χ0n) is 23.7. The van der Waals surface area contributed by atoms with Gasteiger partial charge in [0.1, 0.15) is 11.1 Å². The Kier molecular flexibility index (Phi) is 4.52. The smallest absolute Gasteiger partial charge is 0.238 e. The van der Waals surface area contributed by atoms with Gasteiger partial charge in [-0.1, -0.05) is 24.3 Å². The summed E-state index contributed by atoms with van der Waals surface area (Å²) in [5, 5.41) is 8.14. The van der Waals surface area contributed by atoms with Gasteiger partial charge in [0.2, 0.25) is 11.8 Å². The van der Waals surface area contributed by atoms with Gasteiger partial charge in [-0.25, -0.2) is 0 Å². The normalized spacial score (nSPS) is 22.6. The molecular formula is C33H32N4O4. The summed E-state index contributed by atoms with van der Waals surface area (Å²) >= 11 is 0. The fraction of sp³-hybridized carbons (Fsp3) is 0.394. The average molecular weight is 549 g/mol. The number of carbonyl (C=O) groups is 4. The molecule has 41 heavy (non-hydrogen) atoms. The lowest BCUT2D eigenvalue weighted by Crippen LogP contribution is -2.74. The Morgan fingerprint density at radius 2 is 1.10 bits per heavy atom. The van der Waals surface area contributed by atoms with Crippen LogP contribution in [0.1, 0.15) is 56.8 Å². The first-order chi connectivity index (χ1) is 19.4. The van der Waals surface area contributed by atoms with Gasteiger partial charge < -0.3 is 20.4 Å². The predicted molar refractivity (Wildman–Crippen MR) is 156 cm³/mol. The lowest BCUT2D eigenvalue weighted by Gasteiger charge is -2.47. The highest BCUT2D eigenvalue weighted by Gasteiger charge is 2.58. The summed E-state index contributed by atoms with van der Waals surface area (Å²) in [5.41, 5.74) is 4.09. The summed E-state index contributed by atoms with van der Waals surface area (Å²) in [6.45, 7) is 5.22. The van der Waals surface area contributed by atoms with Crippen molar-refractivity contribution in [1.29, 1.82) is 0 Å². The van der Waals surface area contributed by atoms with Crippen molar-refractivity contribution in [2.24, 2.45) is 10.8 Å². The molecule has 0 saturated carbocycles. The van der Waals surface area contributed by atoms with Crippen LogP contribution in [0.2, 0.25) is 0 Å². The average Bonchev–Trinajstić information content (AvgIpc) is 3.32. The number of hydrogen-bond donors (Lipinski definition) is 2. The van der Waals surface area contributed by atoms with E-state index < -0.39 is 16.5 Å². The number of carbonyl (C=O) groups excluding carboxylic acids is 4. The predicted octanol–water partition coefficient (Wildman–Crippen LogP) is 2.96. The molecule has 2 spiro atoms. The van der Waals surface area contributed by atoms with Crippen LogP contribution in [0.15, 0.2) is 36.4 Å². The number of amides is 2. The van der Waals surface area contributed by atoms with Crippen molar-refractivity contribution in [2.75, 3.05) is 37.0 Å². The number of nitrogens with zero attached hydrogens (tertiary/aromatic N) is 2. The van der Waals surface area contributed by atoms with E-state index in [9.17, 15) is 19.2 Å². The second-order valence-corrected chi connectivity index (χ2v) is 13.3. The second kappa shape index (κ2) is 7.55. The van der Waals surface area contributed by atoms with Gasteiger partial charge in [-0.2, -0.15) is 0 Å². The van der Waals surface area contributed by atoms with Gasteiger partial charge in [-0.3, -0.25) is 19.2 Å². The second-order valence-electron chi connectivity index (χ2n) is 13.3. The molecule has 1 fully saturated rings. The summed E-state index contributed by atoms with van der Waals surface area (Å²) in [6.07, 6.45) is 1.52. The maximum absolute atomic E-state index is 14.0. The van der Waals surface area contributed by atoms with Gasteiger partial charge in [0.25, 0.3) is 0 Å². The topological polar surface area (TPSA) is 98.8 Å². The van der Waals surface area contributed by atoms with E-state index in [1.54, 1.807) is 26.0 Å². The van der Waals surface area contributed by atoms with Crippen LogP contribution in [0.4, 0.5) is 11.4 Å². The highest BCUT2D eigenvalue weighted by molar-refractivity contribution is 6.32. The van der Waals surface area contributed by atoms with Crippen molar-refractivity contribution in [2.45, 2.75) is 45.2 Å². The van der Waals surface area contributed by atoms with Gasteiger partial charge in [-0.15, -0.1) is 0 Å². The first-order valence-electron chi connectivity index (χ1n) is 14.3. The van der Waals surface area contributed by atoms with Crippen molar-refractivity contribution in [3.8, 4) is 0 Å². The van der Waals surface area contributed by atoms with Crippen molar-refractivity contribution in [1.82, 2.24) is 10.6 Å². The molecule has 0 radical (unpaired) electrons. The van der Waals surface area contributed by atoms with Gasteiger partial charge in [0.05, 0.1) is 16.8 Å². The van der Waals surface area contributed by atoms with E-state index in [0.717, 1.165) is 52.1 Å². The Morgan fingerprint density at radius 3 is 1.56 bits per heavy atom. The fourth-order valence-corrected chi connectivity index (χ4v) is 7.97. The molecule has 2 heterocycles. The zero-order valence-corrected chi connectivity index (χ0v) is 23.7. The summed E-state index contributed by atoms with van der Waals surface area (Å²) < 4.78 is 0. The third kappa shape index (κ3) is 3.00. The van der Waals surface area contributed by atoms with Gasteiger partial charge in [0.15, 0.2) is 11.6 Å². The quantitative estimate of drug-likeness (QED) is 0.419. The van der Waals surface area contributed by atoms with Crippen molar-refractivity contribution in [3.05, 3.63) is 69.8 Å². The molecule has 8 heteroatoms. The Bertz CT molecular complexity index is 1680. The van der Waals surface area contributed by atoms with Crippen LogP contribution in [0.25, 0.3) is 10.8 Å². The zero-order chi connectivity index (χ0) is 28.6. The van der Waals surface area contributed by atoms with Crippen LogP contribution in [0.5, 0.6) is 0 Å². The van der Waals surface area contributed by atoms with Crippen molar-refractivity contribution in [3.63, 3.8) is 0 Å². The first-order valence-corrected chi connectivity index (χ1v) is 14.3. The van der Waals surface area contributed by atoms with Crippen LogP contribution < -0.4 is 20.4 Å². The minimum absolute atomic E-state index is 0.167. The number of benzene rings is 3. The molecule has 0 aromatic heterocycles. The fourth-order valence-electron chi connectivity index (χ4n) is 7.97. The minimum atomic E-state index is -1.18. The van der Waals surface area contributed by atoms with Crippen LogP contribution in [-0.2, 0) is 35.3 Å². The molecule has 3 aliphatic carbocycles. The SMILES string of the molecule is CN1CCN(C)c2cc3c(cc21)CC1(C3)C(=O)NC2(Cc3ccc4c5c(ccc(c35)C2)C(=O)C(C)(C)C4=O)NC1=O. The molecule has 3 aromatic rings. The number of fused-ring (bicyclic) bond motifs is 2. The van der Waals surface area contributed by atoms with Crippen LogP contribution in [-0.4, -0.2) is 56.2 Å². The highest BCUT2D eigenvalue weighted by Crippen LogP contribution is 2.48. The molecule has 5 aliphatic rings. The Morgan fingerprint density at radius 1 is 0.634 bits per heavy atom. The van der Waals surface area contributed by atoms with E-state index in [2.05, 4.69) is 46.7 Å². The maximum atomic E-state index is 14.0. The number of nitrogens with one attached hydrogen (secondary N) is 2. The largest absolute Gasteiger partial charge is 0.371 e. The molecule has 8 nitrogen and oxygen atoms in total. The lowest BCUT2D eigenvalue weighted by molar-refractivity contribution is -0.152. The van der Waals surface area contributed by atoms with Crippen LogP contribution in [0.3, 0.4) is 0 Å². The third-order valence-electron chi connectivity index (χ3n) is 10.4. The molecule has 2 aliphatic heterocycles. The molecule has 1 saturated heterocycles. The summed E-state index contributed by atoms with van der Waals surface area (Å²) in [4.78, 5) is 59.0. The molecule has 2 amide bonds. The van der Waals surface area contributed by atoms with Gasteiger partial charge in [-0.05, 0) is 66.5 Å². The number of anilines is 2. The van der Waals surface area contributed by atoms with E-state index in [-0.39, 0.29) is 23.4 Å². The van der Waals surface area contributed by atoms with Gasteiger partial charge in [0, 0.05) is 56.5 Å². The van der Waals surface area contributed by atoms with Crippen molar-refractivity contribution >= 4 is 45.5 Å². The summed E-state index contributed by atoms with van der Waals surface area (Å²) in [5.74, 6) is -0.809. The number of Topliss-reactive ketones (excluding diaryl/α,β-unsaturated/α-hetero) is 2. The molecule has 0 atom stereocenters. The van der Waals surface area contributed by atoms with Gasteiger partial charge >= 0.3 is 0 Å². The molecule has 3 aromatic carbocycles. The molecule has 8 rings (SSSR count). The summed E-state index contributed by atoms with van der Waals surface area (Å²) in [6, 6.07) is 11.7. The van der Waals surface area contributed by atoms with Crippen molar-refractivity contribution < 1.29 is 19.2 Å². The Balaban J connectivity index is 1.15. The van der Waals surface area contributed by atoms with E-state index in [4.69, 9.17) is 0 Å². The number of rotatable bonds is 0. The monoisotopic (exact) mass is 548 g/mol. The molecule has 208 valence electrons. The summed E-state index contributed by atoms with van der Waals surface area (Å²) in [7, 11) is 4.16. The Labute approximate surface area is 238 Å². The van der Waals surface area contributed by atoms with Crippen LogP contribution in [0, 0.1) is 10.8 Å². The first kappa shape index (κ1) is 24.6. The molecule has 2 N–H and O–H groups in total. The molecule has 0 unspecified atom stereocenters. The lowest BCUT2D eigenvalue weighted by atomic mass is 9.68. The van der Waals surface area contributed by atoms with E-state index in [0.29, 0.717) is 42.2 Å². The Hall–Kier alpha value is -4.20. The van der Waals surface area contributed by atoms with E-state index in [1.165, 1.54) is 0 Å². The van der Waals surface area contributed by atoms with E-state index >= 15 is 0 Å². The highest BCUT2D eigenvalue weighted by atomic mass is 16.2. The number of ketones is 2.